The molecule has 1 aromatic rings. The highest BCUT2D eigenvalue weighted by atomic mass is 15.1. The zero-order valence-electron chi connectivity index (χ0n) is 17.2. The van der Waals surface area contributed by atoms with Gasteiger partial charge in [0.15, 0.2) is 0 Å². The van der Waals surface area contributed by atoms with Crippen LogP contribution in [0.15, 0.2) is 24.3 Å². The molecule has 0 spiro atoms. The maximum atomic E-state index is 8.42. The van der Waals surface area contributed by atoms with Gasteiger partial charge in [-0.2, -0.15) is 0 Å². The second-order valence-corrected chi connectivity index (χ2v) is 8.16. The molecule has 0 unspecified atom stereocenters. The van der Waals surface area contributed by atoms with Crippen molar-refractivity contribution in [1.82, 2.24) is 5.32 Å². The van der Waals surface area contributed by atoms with E-state index in [9.17, 15) is 0 Å². The fourth-order valence-electron chi connectivity index (χ4n) is 4.43. The van der Waals surface area contributed by atoms with Gasteiger partial charge in [0.05, 0.1) is 5.54 Å². The third kappa shape index (κ3) is 5.86. The average molecular weight is 357 g/mol. The zero-order chi connectivity index (χ0) is 18.7. The lowest BCUT2D eigenvalue weighted by Crippen LogP contribution is -2.39. The topological polar surface area (TPSA) is 35.9 Å². The molecule has 2 N–H and O–H groups in total. The normalized spacial score (nSPS) is 15.1. The van der Waals surface area contributed by atoms with Gasteiger partial charge in [0.25, 0.3) is 0 Å². The van der Waals surface area contributed by atoms with Gasteiger partial charge in [-0.15, -0.1) is 0 Å². The monoisotopic (exact) mass is 356 g/mol. The fourth-order valence-corrected chi connectivity index (χ4v) is 4.43. The molecule has 0 aliphatic carbocycles. The molecule has 0 radical (unpaired) electrons. The van der Waals surface area contributed by atoms with Crippen LogP contribution in [0.4, 0.5) is 0 Å². The summed E-state index contributed by atoms with van der Waals surface area (Å²) in [7, 11) is 0. The minimum Gasteiger partial charge on any atom is -0.361 e. The van der Waals surface area contributed by atoms with Crippen LogP contribution in [0.3, 0.4) is 0 Å². The summed E-state index contributed by atoms with van der Waals surface area (Å²) in [4.78, 5) is 0. The van der Waals surface area contributed by atoms with Crippen molar-refractivity contribution in [3.05, 3.63) is 35.4 Å². The summed E-state index contributed by atoms with van der Waals surface area (Å²) < 4.78 is 0. The number of amidine groups is 1. The lowest BCUT2D eigenvalue weighted by Gasteiger charge is -2.31. The number of nitrogens with one attached hydrogen (secondary N) is 2. The highest BCUT2D eigenvalue weighted by molar-refractivity contribution is 6.01. The maximum Gasteiger partial charge on any atom is 0.126 e. The van der Waals surface area contributed by atoms with Crippen molar-refractivity contribution >= 4 is 5.84 Å². The van der Waals surface area contributed by atoms with E-state index in [4.69, 9.17) is 5.41 Å². The van der Waals surface area contributed by atoms with Crippen molar-refractivity contribution in [2.45, 2.75) is 109 Å². The van der Waals surface area contributed by atoms with Crippen LogP contribution in [0, 0.1) is 5.41 Å². The Bertz CT molecular complexity index is 519. The minimum absolute atomic E-state index is 0.0171. The summed E-state index contributed by atoms with van der Waals surface area (Å²) in [6.45, 7) is 4.56. The average Bonchev–Trinajstić information content (AvgIpc) is 2.94. The zero-order valence-corrected chi connectivity index (χ0v) is 17.2. The first-order valence-electron chi connectivity index (χ1n) is 11.2. The van der Waals surface area contributed by atoms with Gasteiger partial charge in [0.1, 0.15) is 5.84 Å². The molecule has 2 heteroatoms. The first-order valence-corrected chi connectivity index (χ1v) is 11.2. The molecule has 0 fully saturated rings. The first kappa shape index (κ1) is 21.0. The van der Waals surface area contributed by atoms with Crippen molar-refractivity contribution in [3.8, 4) is 0 Å². The molecule has 2 rings (SSSR count). The third-order valence-electron chi connectivity index (χ3n) is 5.99. The molecule has 1 aliphatic rings. The van der Waals surface area contributed by atoms with Gasteiger partial charge in [-0.3, -0.25) is 5.41 Å². The van der Waals surface area contributed by atoms with Gasteiger partial charge in [-0.05, 0) is 18.4 Å². The first-order chi connectivity index (χ1) is 12.7. The van der Waals surface area contributed by atoms with E-state index in [0.29, 0.717) is 5.84 Å². The standard InChI is InChI=1S/C24H40N2/c1-3-5-7-9-11-15-19-24(20-16-12-10-8-6-4-2)22-18-14-13-17-21(22)23(25)26-24/h13-14,17-18H,3-12,15-16,19-20H2,1-2H3,(H2,25,26). The van der Waals surface area contributed by atoms with Crippen LogP contribution in [0.1, 0.15) is 115 Å². The molecule has 0 atom stereocenters. The van der Waals surface area contributed by atoms with E-state index in [2.05, 4.69) is 43.4 Å². The molecule has 1 heterocycles. The second kappa shape index (κ2) is 11.4. The predicted molar refractivity (Wildman–Crippen MR) is 114 cm³/mol. The Hall–Kier alpha value is -1.31. The Morgan fingerprint density at radius 3 is 1.81 bits per heavy atom. The van der Waals surface area contributed by atoms with E-state index in [1.165, 1.54) is 95.5 Å². The van der Waals surface area contributed by atoms with Crippen LogP contribution in [0.2, 0.25) is 0 Å². The molecule has 1 aliphatic heterocycles. The van der Waals surface area contributed by atoms with Crippen molar-refractivity contribution in [1.29, 1.82) is 5.41 Å². The third-order valence-corrected chi connectivity index (χ3v) is 5.99. The quantitative estimate of drug-likeness (QED) is 0.337. The molecule has 26 heavy (non-hydrogen) atoms. The number of benzene rings is 1. The summed E-state index contributed by atoms with van der Waals surface area (Å²) in [5, 5.41) is 12.0. The van der Waals surface area contributed by atoms with Crippen molar-refractivity contribution in [2.24, 2.45) is 0 Å². The lowest BCUT2D eigenvalue weighted by atomic mass is 9.81. The minimum atomic E-state index is 0.0171. The van der Waals surface area contributed by atoms with E-state index in [-0.39, 0.29) is 5.54 Å². The second-order valence-electron chi connectivity index (χ2n) is 8.16. The van der Waals surface area contributed by atoms with Gasteiger partial charge in [0, 0.05) is 5.56 Å². The Labute approximate surface area is 161 Å². The number of hydrogen-bond donors (Lipinski definition) is 2. The molecule has 0 saturated heterocycles. The van der Waals surface area contributed by atoms with Gasteiger partial charge in [0.2, 0.25) is 0 Å². The Morgan fingerprint density at radius 2 is 1.23 bits per heavy atom. The molecular formula is C24H40N2. The van der Waals surface area contributed by atoms with Crippen LogP contribution in [-0.2, 0) is 5.54 Å². The van der Waals surface area contributed by atoms with E-state index >= 15 is 0 Å². The van der Waals surface area contributed by atoms with E-state index < -0.39 is 0 Å². The SMILES string of the molecule is CCCCCCCCC1(CCCCCCCC)NC(=N)c2ccccc21. The van der Waals surface area contributed by atoms with Crippen molar-refractivity contribution in [3.63, 3.8) is 0 Å². The highest BCUT2D eigenvalue weighted by Crippen LogP contribution is 2.39. The van der Waals surface area contributed by atoms with Gasteiger partial charge >= 0.3 is 0 Å². The van der Waals surface area contributed by atoms with Crippen LogP contribution >= 0.6 is 0 Å². The van der Waals surface area contributed by atoms with Crippen LogP contribution < -0.4 is 5.32 Å². The summed E-state index contributed by atoms with van der Waals surface area (Å²) in [5.74, 6) is 0.637. The summed E-state index contributed by atoms with van der Waals surface area (Å²) >= 11 is 0. The number of unbranched alkanes of at least 4 members (excludes halogenated alkanes) is 10. The Morgan fingerprint density at radius 1 is 0.731 bits per heavy atom. The van der Waals surface area contributed by atoms with Gasteiger partial charge in [-0.25, -0.2) is 0 Å². The molecule has 2 nitrogen and oxygen atoms in total. The molecule has 0 saturated carbocycles. The number of rotatable bonds is 14. The number of hydrogen-bond acceptors (Lipinski definition) is 1. The number of fused-ring (bicyclic) bond motifs is 1. The Kier molecular flexibility index (Phi) is 9.22. The molecule has 1 aromatic carbocycles. The smallest absolute Gasteiger partial charge is 0.126 e. The maximum absolute atomic E-state index is 8.42. The predicted octanol–water partition coefficient (Wildman–Crippen LogP) is 7.31. The van der Waals surface area contributed by atoms with Gasteiger partial charge in [-0.1, -0.05) is 115 Å². The van der Waals surface area contributed by atoms with Crippen molar-refractivity contribution in [2.75, 3.05) is 0 Å². The Balaban J connectivity index is 1.93. The summed E-state index contributed by atoms with van der Waals surface area (Å²) in [6.07, 6.45) is 18.4. The molecule has 0 bridgehead atoms. The molecule has 146 valence electrons. The highest BCUT2D eigenvalue weighted by Gasteiger charge is 2.39. The largest absolute Gasteiger partial charge is 0.361 e. The molecule has 0 aromatic heterocycles. The van der Waals surface area contributed by atoms with E-state index in [0.717, 1.165) is 5.56 Å². The fraction of sp³-hybridized carbons (Fsp3) is 0.708. The van der Waals surface area contributed by atoms with Crippen LogP contribution in [-0.4, -0.2) is 5.84 Å². The van der Waals surface area contributed by atoms with Gasteiger partial charge < -0.3 is 5.32 Å². The van der Waals surface area contributed by atoms with E-state index in [1.54, 1.807) is 0 Å². The summed E-state index contributed by atoms with van der Waals surface area (Å²) in [5.41, 5.74) is 2.53. The molecular weight excluding hydrogens is 316 g/mol. The lowest BCUT2D eigenvalue weighted by molar-refractivity contribution is 0.317. The van der Waals surface area contributed by atoms with Crippen LogP contribution in [0.25, 0.3) is 0 Å². The van der Waals surface area contributed by atoms with Crippen molar-refractivity contribution < 1.29 is 0 Å². The van der Waals surface area contributed by atoms with E-state index in [1.807, 2.05) is 0 Å². The molecule has 0 amide bonds. The van der Waals surface area contributed by atoms with Crippen LogP contribution in [0.5, 0.6) is 0 Å². The summed E-state index contributed by atoms with van der Waals surface area (Å²) in [6, 6.07) is 8.60.